The Bertz CT molecular complexity index is 585. The standard InChI is InChI=1S/C20H29NO2/c1-4-16(11-22)19(23)21-12-20(13-21)8-7-17(10-20)18-6-5-14(2)9-15(18)3/h5-6,9,16-17,22H,4,7-8,10-13H2,1-3H3/t16-,17-/m1/s1. The number of aliphatic hydroxyl groups is 1. The van der Waals surface area contributed by atoms with Gasteiger partial charge in [-0.3, -0.25) is 4.79 Å². The highest BCUT2D eigenvalue weighted by atomic mass is 16.3. The van der Waals surface area contributed by atoms with Crippen LogP contribution in [-0.2, 0) is 4.79 Å². The molecule has 0 unspecified atom stereocenters. The first-order valence-corrected chi connectivity index (χ1v) is 8.95. The maximum Gasteiger partial charge on any atom is 0.228 e. The fourth-order valence-electron chi connectivity index (χ4n) is 4.60. The van der Waals surface area contributed by atoms with Gasteiger partial charge in [-0.15, -0.1) is 0 Å². The highest BCUT2D eigenvalue weighted by molar-refractivity contribution is 5.80. The second kappa shape index (κ2) is 6.27. The van der Waals surface area contributed by atoms with Crippen LogP contribution in [0.1, 0.15) is 55.2 Å². The van der Waals surface area contributed by atoms with Crippen LogP contribution in [0.2, 0.25) is 0 Å². The van der Waals surface area contributed by atoms with Gasteiger partial charge in [-0.05, 0) is 56.6 Å². The van der Waals surface area contributed by atoms with Crippen LogP contribution in [0, 0.1) is 25.2 Å². The molecule has 2 atom stereocenters. The Hall–Kier alpha value is -1.35. The molecule has 1 aromatic carbocycles. The zero-order valence-electron chi connectivity index (χ0n) is 14.6. The average molecular weight is 315 g/mol. The Morgan fingerprint density at radius 3 is 2.74 bits per heavy atom. The van der Waals surface area contributed by atoms with Gasteiger partial charge in [0, 0.05) is 18.5 Å². The highest BCUT2D eigenvalue weighted by Crippen LogP contribution is 2.52. The van der Waals surface area contributed by atoms with Crippen LogP contribution in [-0.4, -0.2) is 35.6 Å². The van der Waals surface area contributed by atoms with Gasteiger partial charge in [-0.25, -0.2) is 0 Å². The SMILES string of the molecule is CC[C@H](CO)C(=O)N1CC2(CC[C@@H](c3ccc(C)cc3C)C2)C1. The van der Waals surface area contributed by atoms with E-state index in [-0.39, 0.29) is 18.4 Å². The topological polar surface area (TPSA) is 40.5 Å². The molecule has 0 radical (unpaired) electrons. The number of nitrogens with zero attached hydrogens (tertiary/aromatic N) is 1. The first-order chi connectivity index (χ1) is 11.0. The van der Waals surface area contributed by atoms with E-state index < -0.39 is 0 Å². The number of carbonyl (C=O) groups is 1. The number of carbonyl (C=O) groups excluding carboxylic acids is 1. The Kier molecular flexibility index (Phi) is 4.50. The minimum Gasteiger partial charge on any atom is -0.396 e. The molecule has 3 nitrogen and oxygen atoms in total. The molecule has 1 heterocycles. The third-order valence-electron chi connectivity index (χ3n) is 5.99. The zero-order valence-corrected chi connectivity index (χ0v) is 14.6. The van der Waals surface area contributed by atoms with Crippen molar-refractivity contribution in [3.63, 3.8) is 0 Å². The lowest BCUT2D eigenvalue weighted by atomic mass is 9.76. The van der Waals surface area contributed by atoms with E-state index in [1.165, 1.54) is 36.0 Å². The molecular weight excluding hydrogens is 286 g/mol. The van der Waals surface area contributed by atoms with Gasteiger partial charge in [-0.2, -0.15) is 0 Å². The molecule has 1 saturated carbocycles. The first kappa shape index (κ1) is 16.5. The normalized spacial score (nSPS) is 23.8. The van der Waals surface area contributed by atoms with Crippen molar-refractivity contribution >= 4 is 5.91 Å². The molecule has 0 aromatic heterocycles. The minimum atomic E-state index is -0.205. The Morgan fingerprint density at radius 1 is 1.39 bits per heavy atom. The Balaban J connectivity index is 1.62. The Morgan fingerprint density at radius 2 is 2.13 bits per heavy atom. The smallest absolute Gasteiger partial charge is 0.228 e. The van der Waals surface area contributed by atoms with E-state index in [9.17, 15) is 9.90 Å². The highest BCUT2D eigenvalue weighted by Gasteiger charge is 2.50. The van der Waals surface area contributed by atoms with Gasteiger partial charge in [0.1, 0.15) is 0 Å². The number of rotatable bonds is 4. The molecular formula is C20H29NO2. The van der Waals surface area contributed by atoms with Crippen molar-refractivity contribution in [3.05, 3.63) is 34.9 Å². The molecule has 1 aromatic rings. The first-order valence-electron chi connectivity index (χ1n) is 8.95. The third-order valence-corrected chi connectivity index (χ3v) is 5.99. The molecule has 3 rings (SSSR count). The molecule has 1 aliphatic carbocycles. The van der Waals surface area contributed by atoms with Gasteiger partial charge in [0.15, 0.2) is 0 Å². The molecule has 3 heteroatoms. The second-order valence-electron chi connectivity index (χ2n) is 7.78. The molecule has 1 amide bonds. The van der Waals surface area contributed by atoms with Gasteiger partial charge >= 0.3 is 0 Å². The third kappa shape index (κ3) is 3.03. The van der Waals surface area contributed by atoms with E-state index in [4.69, 9.17) is 0 Å². The van der Waals surface area contributed by atoms with Crippen molar-refractivity contribution in [2.45, 2.75) is 52.4 Å². The zero-order chi connectivity index (χ0) is 16.6. The van der Waals surface area contributed by atoms with E-state index in [0.29, 0.717) is 11.3 Å². The fraction of sp³-hybridized carbons (Fsp3) is 0.650. The van der Waals surface area contributed by atoms with Crippen LogP contribution >= 0.6 is 0 Å². The van der Waals surface area contributed by atoms with Gasteiger partial charge in [0.2, 0.25) is 5.91 Å². The van der Waals surface area contributed by atoms with Gasteiger partial charge in [-0.1, -0.05) is 30.7 Å². The summed E-state index contributed by atoms with van der Waals surface area (Å²) >= 11 is 0. The number of benzene rings is 1. The van der Waals surface area contributed by atoms with Crippen LogP contribution in [0.3, 0.4) is 0 Å². The van der Waals surface area contributed by atoms with Crippen molar-refractivity contribution in [3.8, 4) is 0 Å². The number of hydrogen-bond acceptors (Lipinski definition) is 2. The summed E-state index contributed by atoms with van der Waals surface area (Å²) in [6.07, 6.45) is 4.40. The van der Waals surface area contributed by atoms with Crippen LogP contribution in [0.4, 0.5) is 0 Å². The lowest BCUT2D eigenvalue weighted by Crippen LogP contribution is -2.58. The molecule has 2 fully saturated rings. The van der Waals surface area contributed by atoms with Gasteiger partial charge < -0.3 is 10.0 Å². The van der Waals surface area contributed by atoms with Gasteiger partial charge in [0.05, 0.1) is 12.5 Å². The lowest BCUT2D eigenvalue weighted by Gasteiger charge is -2.49. The summed E-state index contributed by atoms with van der Waals surface area (Å²) in [5, 5.41) is 9.32. The minimum absolute atomic E-state index is 0.0238. The quantitative estimate of drug-likeness (QED) is 0.925. The van der Waals surface area contributed by atoms with E-state index in [1.807, 2.05) is 11.8 Å². The molecule has 1 N–H and O–H groups in total. The number of amides is 1. The van der Waals surface area contributed by atoms with Crippen molar-refractivity contribution in [1.29, 1.82) is 0 Å². The number of aryl methyl sites for hydroxylation is 2. The molecule has 1 saturated heterocycles. The number of aliphatic hydroxyl groups excluding tert-OH is 1. The summed E-state index contributed by atoms with van der Waals surface area (Å²) in [6.45, 7) is 8.10. The van der Waals surface area contributed by atoms with Crippen molar-refractivity contribution in [2.24, 2.45) is 11.3 Å². The van der Waals surface area contributed by atoms with Gasteiger partial charge in [0.25, 0.3) is 0 Å². The molecule has 1 spiro atoms. The second-order valence-corrected chi connectivity index (χ2v) is 7.78. The van der Waals surface area contributed by atoms with E-state index in [0.717, 1.165) is 19.5 Å². The van der Waals surface area contributed by atoms with Crippen molar-refractivity contribution in [1.82, 2.24) is 4.90 Å². The monoisotopic (exact) mass is 315 g/mol. The van der Waals surface area contributed by atoms with Crippen LogP contribution in [0.5, 0.6) is 0 Å². The summed E-state index contributed by atoms with van der Waals surface area (Å²) in [4.78, 5) is 14.3. The van der Waals surface area contributed by atoms with Crippen molar-refractivity contribution in [2.75, 3.05) is 19.7 Å². The summed E-state index contributed by atoms with van der Waals surface area (Å²) in [5.74, 6) is 0.590. The van der Waals surface area contributed by atoms with E-state index in [1.54, 1.807) is 0 Å². The summed E-state index contributed by atoms with van der Waals surface area (Å²) in [6, 6.07) is 6.80. The maximum atomic E-state index is 12.3. The largest absolute Gasteiger partial charge is 0.396 e. The van der Waals surface area contributed by atoms with Crippen LogP contribution in [0.15, 0.2) is 18.2 Å². The fourth-order valence-corrected chi connectivity index (χ4v) is 4.60. The van der Waals surface area contributed by atoms with E-state index >= 15 is 0 Å². The molecule has 23 heavy (non-hydrogen) atoms. The molecule has 2 aliphatic rings. The summed E-state index contributed by atoms with van der Waals surface area (Å²) in [5.41, 5.74) is 4.57. The van der Waals surface area contributed by atoms with Crippen LogP contribution in [0.25, 0.3) is 0 Å². The summed E-state index contributed by atoms with van der Waals surface area (Å²) < 4.78 is 0. The molecule has 1 aliphatic heterocycles. The number of hydrogen-bond donors (Lipinski definition) is 1. The maximum absolute atomic E-state index is 12.3. The Labute approximate surface area is 139 Å². The lowest BCUT2D eigenvalue weighted by molar-refractivity contribution is -0.149. The summed E-state index contributed by atoms with van der Waals surface area (Å²) in [7, 11) is 0. The average Bonchev–Trinajstić information content (AvgIpc) is 2.92. The van der Waals surface area contributed by atoms with E-state index in [2.05, 4.69) is 32.0 Å². The number of likely N-dealkylation sites (tertiary alicyclic amines) is 1. The van der Waals surface area contributed by atoms with Crippen molar-refractivity contribution < 1.29 is 9.90 Å². The molecule has 0 bridgehead atoms. The predicted molar refractivity (Wildman–Crippen MR) is 92.4 cm³/mol. The van der Waals surface area contributed by atoms with Crippen LogP contribution < -0.4 is 0 Å². The molecule has 126 valence electrons. The predicted octanol–water partition coefficient (Wildman–Crippen LogP) is 3.42.